The average Bonchev–Trinajstić information content (AvgIpc) is 2.64. The molecule has 10 heteroatoms. The van der Waals surface area contributed by atoms with Crippen molar-refractivity contribution in [3.8, 4) is 0 Å². The summed E-state index contributed by atoms with van der Waals surface area (Å²) in [6.07, 6.45) is 0.944. The zero-order valence-electron chi connectivity index (χ0n) is 17.8. The molecule has 1 saturated heterocycles. The van der Waals surface area contributed by atoms with Gasteiger partial charge < -0.3 is 9.47 Å². The van der Waals surface area contributed by atoms with Crippen LogP contribution in [0.2, 0.25) is 0 Å². The van der Waals surface area contributed by atoms with Crippen LogP contribution in [0.25, 0.3) is 0 Å². The van der Waals surface area contributed by atoms with Crippen LogP contribution in [0.15, 0.2) is 42.5 Å². The maximum atomic E-state index is 13.8. The Labute approximate surface area is 184 Å². The molecule has 0 N–H and O–H groups in total. The van der Waals surface area contributed by atoms with Crippen molar-refractivity contribution < 1.29 is 36.3 Å². The Hall–Kier alpha value is -2.85. The van der Waals surface area contributed by atoms with Crippen LogP contribution in [-0.4, -0.2) is 57.3 Å². The van der Waals surface area contributed by atoms with Gasteiger partial charge in [-0.05, 0) is 35.4 Å². The third-order valence-corrected chi connectivity index (χ3v) is 6.76. The van der Waals surface area contributed by atoms with Crippen LogP contribution in [0.5, 0.6) is 0 Å². The zero-order chi connectivity index (χ0) is 23.7. The van der Waals surface area contributed by atoms with Gasteiger partial charge in [-0.15, -0.1) is 0 Å². The SMILES string of the molecule is COC(=O)c1ccc(CN2CC(OC(C)=O)([C@H](c3cc(F)cc(F)c3)S(C)(=O)=O)C2)cc1. The minimum atomic E-state index is -3.92. The number of hydrogen-bond donors (Lipinski definition) is 0. The predicted molar refractivity (Wildman–Crippen MR) is 111 cm³/mol. The minimum Gasteiger partial charge on any atom is -0.465 e. The molecule has 0 spiro atoms. The zero-order valence-corrected chi connectivity index (χ0v) is 18.6. The first-order valence-electron chi connectivity index (χ1n) is 9.67. The fraction of sp³-hybridized carbons (Fsp3) is 0.364. The number of rotatable bonds is 7. The van der Waals surface area contributed by atoms with Gasteiger partial charge in [0.1, 0.15) is 16.9 Å². The normalized spacial score (nSPS) is 16.7. The van der Waals surface area contributed by atoms with Crippen LogP contribution in [0.1, 0.15) is 33.7 Å². The number of carbonyl (C=O) groups is 2. The second kappa shape index (κ2) is 8.95. The third-order valence-electron chi connectivity index (χ3n) is 5.20. The molecule has 2 aromatic rings. The summed E-state index contributed by atoms with van der Waals surface area (Å²) in [4.78, 5) is 25.2. The van der Waals surface area contributed by atoms with Crippen LogP contribution in [0.4, 0.5) is 8.78 Å². The highest BCUT2D eigenvalue weighted by Gasteiger charge is 2.56. The Morgan fingerprint density at radius 3 is 2.12 bits per heavy atom. The van der Waals surface area contributed by atoms with E-state index in [0.717, 1.165) is 30.9 Å². The molecule has 2 aromatic carbocycles. The Morgan fingerprint density at radius 2 is 1.66 bits per heavy atom. The second-order valence-electron chi connectivity index (χ2n) is 7.90. The standard InChI is InChI=1S/C22H23F2NO6S/c1-14(26)31-22(20(32(3,28)29)17-8-18(23)10-19(24)9-17)12-25(13-22)11-15-4-6-16(7-5-15)21(27)30-2/h4-10,20H,11-13H2,1-3H3/t20-/m0/s1. The highest BCUT2D eigenvalue weighted by Crippen LogP contribution is 2.43. The molecule has 1 aliphatic heterocycles. The molecule has 1 atom stereocenters. The molecule has 172 valence electrons. The minimum absolute atomic E-state index is 0.0429. The van der Waals surface area contributed by atoms with Gasteiger partial charge in [0.2, 0.25) is 0 Å². The molecular weight excluding hydrogens is 444 g/mol. The Bertz CT molecular complexity index is 1110. The summed E-state index contributed by atoms with van der Waals surface area (Å²) >= 11 is 0. The van der Waals surface area contributed by atoms with E-state index in [4.69, 9.17) is 4.74 Å². The van der Waals surface area contributed by atoms with Crippen molar-refractivity contribution in [3.05, 3.63) is 70.8 Å². The van der Waals surface area contributed by atoms with E-state index in [0.29, 0.717) is 18.2 Å². The van der Waals surface area contributed by atoms with E-state index in [-0.39, 0.29) is 18.7 Å². The number of halogens is 2. The molecule has 0 unspecified atom stereocenters. The van der Waals surface area contributed by atoms with Gasteiger partial charge in [0.05, 0.1) is 12.7 Å². The van der Waals surface area contributed by atoms with Crippen molar-refractivity contribution >= 4 is 21.8 Å². The molecule has 0 aliphatic carbocycles. The lowest BCUT2D eigenvalue weighted by molar-refractivity contribution is -0.179. The van der Waals surface area contributed by atoms with Gasteiger partial charge in [0, 0.05) is 38.9 Å². The number of benzene rings is 2. The maximum absolute atomic E-state index is 13.8. The number of methoxy groups -OCH3 is 1. The molecule has 0 radical (unpaired) electrons. The van der Waals surface area contributed by atoms with Crippen LogP contribution in [0.3, 0.4) is 0 Å². The predicted octanol–water partition coefficient (Wildman–Crippen LogP) is 2.65. The summed E-state index contributed by atoms with van der Waals surface area (Å²) in [5.74, 6) is -3.01. The number of esters is 2. The van der Waals surface area contributed by atoms with E-state index in [2.05, 4.69) is 4.74 Å². The molecule has 0 bridgehead atoms. The molecule has 1 aliphatic rings. The number of ether oxygens (including phenoxy) is 2. The van der Waals surface area contributed by atoms with Crippen molar-refractivity contribution in [2.75, 3.05) is 26.5 Å². The highest BCUT2D eigenvalue weighted by molar-refractivity contribution is 7.91. The van der Waals surface area contributed by atoms with E-state index in [1.165, 1.54) is 7.11 Å². The lowest BCUT2D eigenvalue weighted by Crippen LogP contribution is -2.67. The first kappa shape index (κ1) is 23.8. The number of hydrogen-bond acceptors (Lipinski definition) is 7. The lowest BCUT2D eigenvalue weighted by Gasteiger charge is -2.52. The summed E-state index contributed by atoms with van der Waals surface area (Å²) in [6, 6.07) is 9.20. The highest BCUT2D eigenvalue weighted by atomic mass is 32.2. The van der Waals surface area contributed by atoms with E-state index < -0.39 is 44.3 Å². The molecule has 32 heavy (non-hydrogen) atoms. The summed E-state index contributed by atoms with van der Waals surface area (Å²) in [5.41, 5.74) is -0.388. The molecule has 0 amide bonds. The molecular formula is C22H23F2NO6S. The number of nitrogens with zero attached hydrogens (tertiary/aromatic N) is 1. The smallest absolute Gasteiger partial charge is 0.337 e. The molecule has 1 heterocycles. The summed E-state index contributed by atoms with van der Waals surface area (Å²) < 4.78 is 63.2. The summed E-state index contributed by atoms with van der Waals surface area (Å²) in [6.45, 7) is 1.63. The van der Waals surface area contributed by atoms with Crippen LogP contribution in [0, 0.1) is 11.6 Å². The first-order chi connectivity index (χ1) is 14.9. The van der Waals surface area contributed by atoms with Gasteiger partial charge in [-0.2, -0.15) is 0 Å². The van der Waals surface area contributed by atoms with Crippen molar-refractivity contribution in [2.24, 2.45) is 0 Å². The van der Waals surface area contributed by atoms with Crippen molar-refractivity contribution in [1.29, 1.82) is 0 Å². The number of carbonyl (C=O) groups excluding carboxylic acids is 2. The topological polar surface area (TPSA) is 90.0 Å². The number of sulfone groups is 1. The molecule has 3 rings (SSSR count). The quantitative estimate of drug-likeness (QED) is 0.579. The Kier molecular flexibility index (Phi) is 6.66. The van der Waals surface area contributed by atoms with Crippen LogP contribution >= 0.6 is 0 Å². The Morgan fingerprint density at radius 1 is 1.09 bits per heavy atom. The summed E-state index contributed by atoms with van der Waals surface area (Å²) in [5, 5.41) is -1.44. The van der Waals surface area contributed by atoms with E-state index in [1.807, 2.05) is 4.90 Å². The summed E-state index contributed by atoms with van der Waals surface area (Å²) in [7, 11) is -2.63. The van der Waals surface area contributed by atoms with Gasteiger partial charge >= 0.3 is 11.9 Å². The second-order valence-corrected chi connectivity index (χ2v) is 10.0. The van der Waals surface area contributed by atoms with Crippen molar-refractivity contribution in [2.45, 2.75) is 24.3 Å². The maximum Gasteiger partial charge on any atom is 0.337 e. The first-order valence-corrected chi connectivity index (χ1v) is 11.6. The fourth-order valence-electron chi connectivity index (χ4n) is 4.18. The monoisotopic (exact) mass is 467 g/mol. The van der Waals surface area contributed by atoms with Gasteiger partial charge in [0.15, 0.2) is 15.4 Å². The van der Waals surface area contributed by atoms with Gasteiger partial charge in [0.25, 0.3) is 0 Å². The fourth-order valence-corrected chi connectivity index (χ4v) is 5.79. The van der Waals surface area contributed by atoms with Gasteiger partial charge in [-0.25, -0.2) is 22.0 Å². The van der Waals surface area contributed by atoms with E-state index >= 15 is 0 Å². The number of likely N-dealkylation sites (tertiary alicyclic amines) is 1. The largest absolute Gasteiger partial charge is 0.465 e. The van der Waals surface area contributed by atoms with Gasteiger partial charge in [-0.3, -0.25) is 9.69 Å². The van der Waals surface area contributed by atoms with Crippen LogP contribution in [-0.2, 0) is 30.7 Å². The Balaban J connectivity index is 1.87. The molecule has 1 fully saturated rings. The van der Waals surface area contributed by atoms with E-state index in [9.17, 15) is 26.8 Å². The van der Waals surface area contributed by atoms with E-state index in [1.54, 1.807) is 24.3 Å². The van der Waals surface area contributed by atoms with Crippen LogP contribution < -0.4 is 0 Å². The third kappa shape index (κ3) is 5.13. The molecule has 0 saturated carbocycles. The van der Waals surface area contributed by atoms with Crippen molar-refractivity contribution in [1.82, 2.24) is 4.90 Å². The van der Waals surface area contributed by atoms with Crippen molar-refractivity contribution in [3.63, 3.8) is 0 Å². The average molecular weight is 467 g/mol. The lowest BCUT2D eigenvalue weighted by atomic mass is 9.85. The molecule has 7 nitrogen and oxygen atoms in total. The van der Waals surface area contributed by atoms with Gasteiger partial charge in [-0.1, -0.05) is 12.1 Å². The molecule has 0 aromatic heterocycles.